The molecule has 6 nitrogen and oxygen atoms in total. The van der Waals surface area contributed by atoms with Crippen LogP contribution in [0.15, 0.2) is 17.2 Å². The van der Waals surface area contributed by atoms with Gasteiger partial charge < -0.3 is 15.3 Å². The third-order valence-corrected chi connectivity index (χ3v) is 4.50. The zero-order valence-corrected chi connectivity index (χ0v) is 12.6. The number of aromatic nitrogens is 2. The largest absolute Gasteiger partial charge is 0.364 e. The third kappa shape index (κ3) is 3.36. The maximum Gasteiger partial charge on any atom is 0.260 e. The summed E-state index contributed by atoms with van der Waals surface area (Å²) in [6.07, 6.45) is 5.80. The van der Waals surface area contributed by atoms with E-state index in [-0.39, 0.29) is 5.91 Å². The van der Waals surface area contributed by atoms with E-state index < -0.39 is 5.56 Å². The summed E-state index contributed by atoms with van der Waals surface area (Å²) in [6, 6.07) is 1.77. The predicted octanol–water partition coefficient (Wildman–Crippen LogP) is 1.19. The molecule has 3 rings (SSSR count). The molecule has 2 saturated heterocycles. The molecule has 0 aromatic carbocycles. The lowest BCUT2D eigenvalue weighted by molar-refractivity contribution is -0.117. The molecule has 2 fully saturated rings. The Morgan fingerprint density at radius 3 is 3.14 bits per heavy atom. The summed E-state index contributed by atoms with van der Waals surface area (Å²) >= 11 is 1.09. The number of aliphatic hydroxyl groups is 1. The molecule has 7 heteroatoms. The Bertz CT molecular complexity index is 578. The highest BCUT2D eigenvalue weighted by molar-refractivity contribution is 8.05. The first-order valence-electron chi connectivity index (χ1n) is 7.07. The zero-order valence-electron chi connectivity index (χ0n) is 11.8. The van der Waals surface area contributed by atoms with Crippen LogP contribution in [0.2, 0.25) is 0 Å². The van der Waals surface area contributed by atoms with Crippen molar-refractivity contribution in [1.29, 1.82) is 0 Å². The van der Waals surface area contributed by atoms with Crippen LogP contribution in [0.5, 0.6) is 0 Å². The number of aliphatic hydroxyl groups excluding tert-OH is 1. The standard InChI is InChI=1S/C14H18N4O2S/c1-9-3-2-6-18(8-9)13-15-5-4-10(16-13)7-11-12(19)17-14(20)21-11/h4-5,7,9,14,20H,2-3,6,8H2,1H3,(H,17,19). The molecule has 0 spiro atoms. The van der Waals surface area contributed by atoms with Crippen LogP contribution in [0.1, 0.15) is 25.5 Å². The first kappa shape index (κ1) is 14.3. The van der Waals surface area contributed by atoms with Crippen LogP contribution in [0.3, 0.4) is 0 Å². The zero-order chi connectivity index (χ0) is 14.8. The minimum Gasteiger partial charge on any atom is -0.364 e. The smallest absolute Gasteiger partial charge is 0.260 e. The molecular weight excluding hydrogens is 288 g/mol. The molecular formula is C14H18N4O2S. The topological polar surface area (TPSA) is 78.4 Å². The van der Waals surface area contributed by atoms with Gasteiger partial charge in [-0.3, -0.25) is 4.79 Å². The summed E-state index contributed by atoms with van der Waals surface area (Å²) in [5.74, 6) is 1.09. The fraction of sp³-hybridized carbons (Fsp3) is 0.500. The van der Waals surface area contributed by atoms with Crippen LogP contribution in [-0.2, 0) is 4.79 Å². The summed E-state index contributed by atoms with van der Waals surface area (Å²) in [5, 5.41) is 11.8. The molecule has 0 saturated carbocycles. The van der Waals surface area contributed by atoms with Crippen LogP contribution in [0.25, 0.3) is 6.08 Å². The molecule has 3 heterocycles. The van der Waals surface area contributed by atoms with Crippen molar-refractivity contribution in [2.45, 2.75) is 25.3 Å². The molecule has 1 aromatic rings. The highest BCUT2D eigenvalue weighted by Gasteiger charge is 2.25. The molecule has 1 amide bonds. The Morgan fingerprint density at radius 2 is 2.43 bits per heavy atom. The number of carbonyl (C=O) groups is 1. The van der Waals surface area contributed by atoms with Crippen LogP contribution >= 0.6 is 11.8 Å². The number of nitrogens with zero attached hydrogens (tertiary/aromatic N) is 3. The number of carbonyl (C=O) groups excluding carboxylic acids is 1. The molecule has 2 unspecified atom stereocenters. The minimum atomic E-state index is -0.868. The van der Waals surface area contributed by atoms with Gasteiger partial charge in [0.1, 0.15) is 0 Å². The highest BCUT2D eigenvalue weighted by Crippen LogP contribution is 2.27. The number of piperidine rings is 1. The second-order valence-electron chi connectivity index (χ2n) is 5.43. The van der Waals surface area contributed by atoms with Gasteiger partial charge in [0.2, 0.25) is 5.95 Å². The quantitative estimate of drug-likeness (QED) is 0.799. The van der Waals surface area contributed by atoms with Crippen molar-refractivity contribution < 1.29 is 9.90 Å². The van der Waals surface area contributed by atoms with E-state index in [9.17, 15) is 9.90 Å². The number of hydrogen-bond donors (Lipinski definition) is 2. The van der Waals surface area contributed by atoms with Gasteiger partial charge in [-0.25, -0.2) is 9.97 Å². The second kappa shape index (κ2) is 6.03. The van der Waals surface area contributed by atoms with E-state index >= 15 is 0 Å². The number of rotatable bonds is 2. The Balaban J connectivity index is 1.80. The van der Waals surface area contributed by atoms with Crippen molar-refractivity contribution in [3.63, 3.8) is 0 Å². The highest BCUT2D eigenvalue weighted by atomic mass is 32.2. The lowest BCUT2D eigenvalue weighted by atomic mass is 10.0. The van der Waals surface area contributed by atoms with Crippen LogP contribution in [0.4, 0.5) is 5.95 Å². The molecule has 0 radical (unpaired) electrons. The molecule has 2 aliphatic heterocycles. The lowest BCUT2D eigenvalue weighted by Crippen LogP contribution is -2.35. The predicted molar refractivity (Wildman–Crippen MR) is 82.4 cm³/mol. The first-order chi connectivity index (χ1) is 10.1. The van der Waals surface area contributed by atoms with E-state index in [0.29, 0.717) is 22.5 Å². The fourth-order valence-electron chi connectivity index (χ4n) is 2.59. The van der Waals surface area contributed by atoms with Gasteiger partial charge in [0.25, 0.3) is 5.91 Å². The normalized spacial score (nSPS) is 28.0. The molecule has 2 aliphatic rings. The van der Waals surface area contributed by atoms with Crippen molar-refractivity contribution >= 4 is 29.7 Å². The number of hydrogen-bond acceptors (Lipinski definition) is 6. The summed E-state index contributed by atoms with van der Waals surface area (Å²) in [4.78, 5) is 23.1. The van der Waals surface area contributed by atoms with E-state index in [1.54, 1.807) is 18.3 Å². The van der Waals surface area contributed by atoms with Gasteiger partial charge in [0.15, 0.2) is 5.56 Å². The van der Waals surface area contributed by atoms with Crippen LogP contribution < -0.4 is 10.2 Å². The van der Waals surface area contributed by atoms with E-state index in [0.717, 1.165) is 31.3 Å². The summed E-state index contributed by atoms with van der Waals surface area (Å²) in [5.41, 5.74) is -0.182. The van der Waals surface area contributed by atoms with Crippen molar-refractivity contribution in [2.24, 2.45) is 5.92 Å². The first-order valence-corrected chi connectivity index (χ1v) is 7.95. The van der Waals surface area contributed by atoms with Crippen LogP contribution in [-0.4, -0.2) is 39.6 Å². The van der Waals surface area contributed by atoms with Crippen LogP contribution in [0, 0.1) is 5.92 Å². The molecule has 2 atom stereocenters. The maximum absolute atomic E-state index is 11.6. The molecule has 2 N–H and O–H groups in total. The number of amides is 1. The summed E-state index contributed by atoms with van der Waals surface area (Å²) < 4.78 is 0. The van der Waals surface area contributed by atoms with Crippen molar-refractivity contribution in [3.8, 4) is 0 Å². The van der Waals surface area contributed by atoms with Gasteiger partial charge in [-0.2, -0.15) is 0 Å². The molecule has 0 aliphatic carbocycles. The molecule has 0 bridgehead atoms. The third-order valence-electron chi connectivity index (χ3n) is 3.60. The monoisotopic (exact) mass is 306 g/mol. The van der Waals surface area contributed by atoms with Gasteiger partial charge in [-0.1, -0.05) is 18.7 Å². The van der Waals surface area contributed by atoms with Crippen molar-refractivity contribution in [1.82, 2.24) is 15.3 Å². The summed E-state index contributed by atoms with van der Waals surface area (Å²) in [7, 11) is 0. The van der Waals surface area contributed by atoms with E-state index in [4.69, 9.17) is 0 Å². The fourth-order valence-corrected chi connectivity index (χ4v) is 3.35. The average Bonchev–Trinajstić information content (AvgIpc) is 2.77. The maximum atomic E-state index is 11.6. The van der Waals surface area contributed by atoms with E-state index in [1.807, 2.05) is 0 Å². The number of nitrogens with one attached hydrogen (secondary N) is 1. The molecule has 1 aromatic heterocycles. The van der Waals surface area contributed by atoms with Crippen molar-refractivity contribution in [3.05, 3.63) is 22.9 Å². The van der Waals surface area contributed by atoms with E-state index in [2.05, 4.69) is 27.1 Å². The molecule has 112 valence electrons. The SMILES string of the molecule is CC1CCCN(c2nccc(C=C3SC(O)NC3=O)n2)C1. The average molecular weight is 306 g/mol. The van der Waals surface area contributed by atoms with Gasteiger partial charge in [0.05, 0.1) is 10.6 Å². The number of anilines is 1. The van der Waals surface area contributed by atoms with Gasteiger partial charge in [-0.05, 0) is 30.9 Å². The second-order valence-corrected chi connectivity index (χ2v) is 6.55. The Morgan fingerprint density at radius 1 is 1.57 bits per heavy atom. The van der Waals surface area contributed by atoms with Crippen molar-refractivity contribution in [2.75, 3.05) is 18.0 Å². The minimum absolute atomic E-state index is 0.265. The Kier molecular flexibility index (Phi) is 4.12. The lowest BCUT2D eigenvalue weighted by Gasteiger charge is -2.30. The number of thioether (sulfide) groups is 1. The summed E-state index contributed by atoms with van der Waals surface area (Å²) in [6.45, 7) is 4.17. The van der Waals surface area contributed by atoms with Gasteiger partial charge in [-0.15, -0.1) is 0 Å². The Hall–Kier alpha value is -1.60. The van der Waals surface area contributed by atoms with Gasteiger partial charge >= 0.3 is 0 Å². The molecule has 21 heavy (non-hydrogen) atoms. The van der Waals surface area contributed by atoms with E-state index in [1.165, 1.54) is 6.42 Å². The Labute approximate surface area is 127 Å². The van der Waals surface area contributed by atoms with Gasteiger partial charge in [0, 0.05) is 19.3 Å².